The molecule has 0 N–H and O–H groups in total. The van der Waals surface area contributed by atoms with Crippen molar-refractivity contribution in [3.63, 3.8) is 0 Å². The molecule has 0 radical (unpaired) electrons. The number of nitrogens with zero attached hydrogens (tertiary/aromatic N) is 27. The number of halogens is 4. The first kappa shape index (κ1) is 98.1. The second-order valence-electron chi connectivity index (χ2n) is 37.1. The van der Waals surface area contributed by atoms with Crippen molar-refractivity contribution in [1.82, 2.24) is 114 Å². The summed E-state index contributed by atoms with van der Waals surface area (Å²) in [5.41, 5.74) is 7.26. The summed E-state index contributed by atoms with van der Waals surface area (Å²) in [6, 6.07) is 38.7. The van der Waals surface area contributed by atoms with E-state index in [-0.39, 0.29) is 73.1 Å². The largest absolute Gasteiger partial charge is 0.495 e. The minimum atomic E-state index is -0.282. The second kappa shape index (κ2) is 46.0. The molecule has 13 aromatic rings. The van der Waals surface area contributed by atoms with Crippen LogP contribution in [0.2, 0.25) is 0 Å². The lowest BCUT2D eigenvalue weighted by molar-refractivity contribution is -0.133. The first-order chi connectivity index (χ1) is 68.6. The van der Waals surface area contributed by atoms with E-state index in [1.165, 1.54) is 81.1 Å². The van der Waals surface area contributed by atoms with E-state index in [9.17, 15) is 36.7 Å². The number of rotatable bonds is 22. The molecule has 5 aromatic carbocycles. The summed E-state index contributed by atoms with van der Waals surface area (Å²) < 4.78 is 72.7. The summed E-state index contributed by atoms with van der Waals surface area (Å²) in [7, 11) is 3.17. The molecule has 4 amide bonds. The van der Waals surface area contributed by atoms with E-state index in [2.05, 4.69) is 72.8 Å². The van der Waals surface area contributed by atoms with Crippen molar-refractivity contribution in [1.29, 1.82) is 0 Å². The molecule has 37 heteroatoms. The molecule has 0 unspecified atom stereocenters. The molecule has 0 atom stereocenters. The van der Waals surface area contributed by atoms with Gasteiger partial charge in [0.1, 0.15) is 90.6 Å². The van der Waals surface area contributed by atoms with Crippen molar-refractivity contribution in [2.24, 2.45) is 0 Å². The molecular weight excluding hydrogens is 1800 g/mol. The number of aryl methyl sites for hydroxylation is 5. The smallest absolute Gasteiger partial charge is 0.244 e. The van der Waals surface area contributed by atoms with Gasteiger partial charge in [-0.15, -0.1) is 10.2 Å². The molecule has 7 fully saturated rings. The molecule has 3 aliphatic carbocycles. The van der Waals surface area contributed by atoms with Crippen LogP contribution in [-0.2, 0) is 45.4 Å². The molecule has 12 heterocycles. The highest BCUT2D eigenvalue weighted by atomic mass is 19.1. The zero-order valence-electron chi connectivity index (χ0n) is 81.1. The Kier molecular flexibility index (Phi) is 32.0. The zero-order valence-corrected chi connectivity index (χ0v) is 81.1. The summed E-state index contributed by atoms with van der Waals surface area (Å²) in [6.07, 6.45) is 25.4. The van der Waals surface area contributed by atoms with Crippen LogP contribution in [0.3, 0.4) is 0 Å². The molecule has 4 aliphatic heterocycles. The van der Waals surface area contributed by atoms with E-state index in [1.807, 2.05) is 74.3 Å². The number of pyridine rings is 1. The summed E-state index contributed by atoms with van der Waals surface area (Å²) >= 11 is 0. The van der Waals surface area contributed by atoms with Gasteiger partial charge in [0.2, 0.25) is 35.5 Å². The van der Waals surface area contributed by atoms with Gasteiger partial charge in [-0.3, -0.25) is 19.2 Å². The van der Waals surface area contributed by atoms with Gasteiger partial charge in [-0.1, -0.05) is 88.1 Å². The lowest BCUT2D eigenvalue weighted by Gasteiger charge is -2.35. The number of anilines is 4. The molecule has 8 aromatic heterocycles. The quantitative estimate of drug-likeness (QED) is 0.0569. The van der Waals surface area contributed by atoms with Crippen LogP contribution in [-0.4, -0.2) is 256 Å². The van der Waals surface area contributed by atoms with Crippen LogP contribution in [0.1, 0.15) is 159 Å². The van der Waals surface area contributed by atoms with Crippen molar-refractivity contribution in [2.45, 2.75) is 175 Å². The Morgan fingerprint density at radius 1 is 0.340 bits per heavy atom. The van der Waals surface area contributed by atoms with Crippen molar-refractivity contribution < 1.29 is 46.2 Å². The summed E-state index contributed by atoms with van der Waals surface area (Å²) in [5.74, 6) is 9.66. The highest BCUT2D eigenvalue weighted by molar-refractivity contribution is 5.79. The average Bonchev–Trinajstić information content (AvgIpc) is 1.47. The summed E-state index contributed by atoms with van der Waals surface area (Å²) in [4.78, 5) is 110. The third kappa shape index (κ3) is 24.5. The van der Waals surface area contributed by atoms with Crippen LogP contribution in [0, 0.1) is 57.9 Å². The summed E-state index contributed by atoms with van der Waals surface area (Å²) in [6.45, 7) is 19.9. The number of methoxy groups -OCH3 is 2. The molecule has 141 heavy (non-hydrogen) atoms. The van der Waals surface area contributed by atoms with Gasteiger partial charge in [0.05, 0.1) is 20.4 Å². The van der Waals surface area contributed by atoms with Gasteiger partial charge < -0.3 is 48.7 Å². The van der Waals surface area contributed by atoms with Gasteiger partial charge >= 0.3 is 0 Å². The first-order valence-electron chi connectivity index (χ1n) is 49.0. The fraction of sp³-hybridized carbons (Fsp3) is 0.433. The Morgan fingerprint density at radius 2 is 0.709 bits per heavy atom. The lowest BCUT2D eigenvalue weighted by Crippen LogP contribution is -2.50. The minimum Gasteiger partial charge on any atom is -0.495 e. The topological polar surface area (TPSA) is 326 Å². The predicted molar refractivity (Wildman–Crippen MR) is 527 cm³/mol. The number of benzene rings is 5. The van der Waals surface area contributed by atoms with Crippen LogP contribution >= 0.6 is 0 Å². The zero-order chi connectivity index (χ0) is 98.0. The van der Waals surface area contributed by atoms with Crippen LogP contribution in [0.15, 0.2) is 165 Å². The number of aromatic nitrogens is 19. The molecule has 7 aliphatic rings. The minimum absolute atomic E-state index is 0.0266. The SMILES string of the molecule is COc1cc(N2CCN(C(=O)Cn3nc(-c4ccc(F)c(C)c4)nc3C3CCCCC3)CC2)ncn1.COc1cnnc(N2CCN(C(=O)Cn3nc(-c4ccc(F)c(C)c4)nc3-c3ccccc3)CC2)c1.Cc1cc(-c2nc(C3CCCCC3)n(CC(=O)N3CCN(c4ncccn4)CC3)n2)ccc1F.Cc1ccnc(N2CCN(C(=O)Cn3nc(-c4ccc(F)c(C)c4)nc3C3CCCCC3)CC2)c1. The number of carbonyl (C=O) groups excluding carboxylic acids is 4. The lowest BCUT2D eigenvalue weighted by atomic mass is 9.88. The van der Waals surface area contributed by atoms with E-state index in [1.54, 1.807) is 134 Å². The van der Waals surface area contributed by atoms with Gasteiger partial charge in [0.15, 0.2) is 34.9 Å². The predicted octanol–water partition coefficient (Wildman–Crippen LogP) is 14.9. The van der Waals surface area contributed by atoms with Gasteiger partial charge in [0, 0.05) is 181 Å². The third-order valence-electron chi connectivity index (χ3n) is 27.4. The van der Waals surface area contributed by atoms with Crippen LogP contribution in [0.4, 0.5) is 41.0 Å². The molecular formula is C104H121F4N27O6. The highest BCUT2D eigenvalue weighted by Gasteiger charge is 2.34. The Bertz CT molecular complexity index is 6450. The fourth-order valence-electron chi connectivity index (χ4n) is 19.3. The Balaban J connectivity index is 0.000000130. The van der Waals surface area contributed by atoms with Crippen molar-refractivity contribution in [3.8, 4) is 68.6 Å². The van der Waals surface area contributed by atoms with Gasteiger partial charge in [-0.2, -0.15) is 20.4 Å². The van der Waals surface area contributed by atoms with Gasteiger partial charge in [0.25, 0.3) is 0 Å². The number of hydrogen-bond donors (Lipinski definition) is 0. The molecule has 33 nitrogen and oxygen atoms in total. The molecule has 3 saturated carbocycles. The number of piperazine rings is 4. The van der Waals surface area contributed by atoms with Crippen LogP contribution < -0.4 is 29.1 Å². The summed E-state index contributed by atoms with van der Waals surface area (Å²) in [5, 5.41) is 27.0. The maximum Gasteiger partial charge on any atom is 0.244 e. The van der Waals surface area contributed by atoms with Gasteiger partial charge in [-0.05, 0) is 192 Å². The Hall–Kier alpha value is -14.6. The van der Waals surface area contributed by atoms with E-state index < -0.39 is 0 Å². The van der Waals surface area contributed by atoms with E-state index in [0.29, 0.717) is 184 Å². The normalized spacial score (nSPS) is 16.2. The highest BCUT2D eigenvalue weighted by Crippen LogP contribution is 2.38. The van der Waals surface area contributed by atoms with Crippen molar-refractivity contribution in [2.75, 3.05) is 139 Å². The fourth-order valence-corrected chi connectivity index (χ4v) is 19.3. The number of amides is 4. The second-order valence-corrected chi connectivity index (χ2v) is 37.1. The van der Waals surface area contributed by atoms with Crippen LogP contribution in [0.25, 0.3) is 56.9 Å². The van der Waals surface area contributed by atoms with Crippen molar-refractivity contribution in [3.05, 3.63) is 233 Å². The molecule has 4 saturated heterocycles. The third-order valence-corrected chi connectivity index (χ3v) is 27.4. The van der Waals surface area contributed by atoms with E-state index >= 15 is 0 Å². The van der Waals surface area contributed by atoms with Gasteiger partial charge in [-0.25, -0.2) is 81.1 Å². The molecule has 736 valence electrons. The standard InChI is InChI=1S/C27H33FN6O.C26H26FN7O2.C26H32FN7O2.C25H30FN7O/c1-19-10-11-29-24(16-19)32-12-14-33(15-13-32)25(35)18-34-27(21-6-4-3-5-7-21)30-26(31-34)22-8-9-23(28)20(2)17-22;1-18-14-20(8-9-22(18)27)25-29-26(19-6-4-3-5-7-19)34(31-25)17-24(35)33-12-10-32(11-13-33)23-15-21(36-2)16-28-30-23;1-18-14-20(8-9-21(18)27)25-30-26(19-6-4-3-5-7-19)34(31-25)16-24(35)33-12-10-32(11-13-33)22-15-23(36-2)29-17-28-22;1-18-16-20(8-9-21(18)26)23-29-24(19-6-3-2-4-7-19)33(30-23)17-22(34)31-12-14-32(15-13-31)25-27-10-5-11-28-25/h8-11,16-17,21H,3-7,12-15,18H2,1-2H3;3-9,14-16H,10-13,17H2,1-2H3;8-9,14-15,17,19H,3-7,10-13,16H2,1-2H3;5,8-11,16,19H,2-4,6-7,12-15,17H2,1H3. The Morgan fingerprint density at radius 3 is 1.09 bits per heavy atom. The maximum atomic E-state index is 13.8. The van der Waals surface area contributed by atoms with E-state index in [4.69, 9.17) is 44.7 Å². The first-order valence-corrected chi connectivity index (χ1v) is 49.0. The number of hydrogen-bond acceptors (Lipinski definition) is 25. The number of carbonyl (C=O) groups is 4. The molecule has 20 rings (SSSR count). The number of ether oxygens (including phenoxy) is 2. The Labute approximate surface area is 817 Å². The molecule has 0 bridgehead atoms. The average molecular weight is 1920 g/mol. The molecule has 0 spiro atoms. The van der Waals surface area contributed by atoms with Crippen LogP contribution in [0.5, 0.6) is 11.6 Å². The maximum absolute atomic E-state index is 13.8. The van der Waals surface area contributed by atoms with E-state index in [0.717, 1.165) is 122 Å². The van der Waals surface area contributed by atoms with Crippen molar-refractivity contribution >= 4 is 47.0 Å². The monoisotopic (exact) mass is 1920 g/mol.